The van der Waals surface area contributed by atoms with Gasteiger partial charge in [0.25, 0.3) is 0 Å². The second-order valence-corrected chi connectivity index (χ2v) is 5.65. The molecule has 0 amide bonds. The van der Waals surface area contributed by atoms with Gasteiger partial charge in [0.2, 0.25) is 0 Å². The molecule has 3 heteroatoms. The normalized spacial score (nSPS) is 11.2. The summed E-state index contributed by atoms with van der Waals surface area (Å²) in [5.74, 6) is 0.819. The summed E-state index contributed by atoms with van der Waals surface area (Å²) in [6.45, 7) is 4.82. The van der Waals surface area contributed by atoms with Crippen LogP contribution in [0.25, 0.3) is 21.9 Å². The maximum atomic E-state index is 14.4. The largest absolute Gasteiger partial charge is 0.491 e. The molecule has 0 saturated carbocycles. The number of rotatable bonds is 6. The Morgan fingerprint density at radius 2 is 1.68 bits per heavy atom. The summed E-state index contributed by atoms with van der Waals surface area (Å²) in [6.07, 6.45) is 3.92. The Kier molecular flexibility index (Phi) is 5.34. The van der Waals surface area contributed by atoms with E-state index >= 15 is 0 Å². The molecular weight excluding hydrogens is 315 g/mol. The SMILES string of the molecule is CC=CCOc1ccc(-c2ccc3c(F)c(OCC)ccc3c2)cc1. The van der Waals surface area contributed by atoms with Crippen LogP contribution >= 0.6 is 0 Å². The topological polar surface area (TPSA) is 18.5 Å². The number of benzene rings is 3. The van der Waals surface area contributed by atoms with Gasteiger partial charge in [-0.3, -0.25) is 0 Å². The van der Waals surface area contributed by atoms with Crippen molar-refractivity contribution in [1.82, 2.24) is 0 Å². The molecule has 0 saturated heterocycles. The highest BCUT2D eigenvalue weighted by Crippen LogP contribution is 2.31. The second kappa shape index (κ2) is 7.84. The third-order valence-corrected chi connectivity index (χ3v) is 3.99. The lowest BCUT2D eigenvalue weighted by atomic mass is 10.0. The molecule has 0 aliphatic heterocycles. The third-order valence-electron chi connectivity index (χ3n) is 3.99. The van der Waals surface area contributed by atoms with E-state index in [4.69, 9.17) is 9.47 Å². The first-order valence-electron chi connectivity index (χ1n) is 8.42. The van der Waals surface area contributed by atoms with Gasteiger partial charge in [-0.25, -0.2) is 4.39 Å². The van der Waals surface area contributed by atoms with Gasteiger partial charge in [-0.1, -0.05) is 42.5 Å². The van der Waals surface area contributed by atoms with E-state index in [1.807, 2.05) is 68.5 Å². The van der Waals surface area contributed by atoms with Gasteiger partial charge in [-0.2, -0.15) is 0 Å². The van der Waals surface area contributed by atoms with Crippen LogP contribution in [0, 0.1) is 5.82 Å². The van der Waals surface area contributed by atoms with Gasteiger partial charge in [-0.05, 0) is 54.6 Å². The van der Waals surface area contributed by atoms with Crippen LogP contribution in [0.1, 0.15) is 13.8 Å². The molecule has 0 spiro atoms. The van der Waals surface area contributed by atoms with Gasteiger partial charge >= 0.3 is 0 Å². The molecule has 0 N–H and O–H groups in total. The lowest BCUT2D eigenvalue weighted by molar-refractivity contribution is 0.323. The molecule has 0 unspecified atom stereocenters. The first kappa shape index (κ1) is 17.0. The number of halogens is 1. The second-order valence-electron chi connectivity index (χ2n) is 5.65. The lowest BCUT2D eigenvalue weighted by Gasteiger charge is -2.09. The van der Waals surface area contributed by atoms with E-state index in [0.29, 0.717) is 24.3 Å². The molecule has 3 rings (SSSR count). The van der Waals surface area contributed by atoms with Crippen LogP contribution in [0.5, 0.6) is 11.5 Å². The Hall–Kier alpha value is -2.81. The highest BCUT2D eigenvalue weighted by molar-refractivity contribution is 5.89. The molecule has 0 aromatic heterocycles. The summed E-state index contributed by atoms with van der Waals surface area (Å²) in [5.41, 5.74) is 2.10. The van der Waals surface area contributed by atoms with E-state index in [9.17, 15) is 4.39 Å². The van der Waals surface area contributed by atoms with Gasteiger partial charge in [-0.15, -0.1) is 0 Å². The van der Waals surface area contributed by atoms with Crippen LogP contribution in [-0.2, 0) is 0 Å². The molecule has 3 aromatic carbocycles. The van der Waals surface area contributed by atoms with Gasteiger partial charge < -0.3 is 9.47 Å². The maximum Gasteiger partial charge on any atom is 0.172 e. The highest BCUT2D eigenvalue weighted by atomic mass is 19.1. The lowest BCUT2D eigenvalue weighted by Crippen LogP contribution is -1.95. The Bertz CT molecular complexity index is 882. The summed E-state index contributed by atoms with van der Waals surface area (Å²) in [4.78, 5) is 0. The summed E-state index contributed by atoms with van der Waals surface area (Å²) < 4.78 is 25.4. The standard InChI is InChI=1S/C22H21FO2/c1-3-5-14-25-19-10-6-16(7-11-19)17-8-12-20-18(15-17)9-13-21(22(20)23)24-4-2/h3,5-13,15H,4,14H2,1-2H3. The van der Waals surface area contributed by atoms with Crippen molar-refractivity contribution in [3.05, 3.63) is 72.6 Å². The van der Waals surface area contributed by atoms with Crippen molar-refractivity contribution in [1.29, 1.82) is 0 Å². The Balaban J connectivity index is 1.87. The third kappa shape index (κ3) is 3.82. The molecule has 0 aliphatic carbocycles. The fourth-order valence-electron chi connectivity index (χ4n) is 2.70. The van der Waals surface area contributed by atoms with Crippen molar-refractivity contribution >= 4 is 10.8 Å². The fourth-order valence-corrected chi connectivity index (χ4v) is 2.70. The van der Waals surface area contributed by atoms with Crippen molar-refractivity contribution in [2.75, 3.05) is 13.2 Å². The van der Waals surface area contributed by atoms with Gasteiger partial charge in [0.1, 0.15) is 12.4 Å². The first-order valence-corrected chi connectivity index (χ1v) is 8.42. The number of fused-ring (bicyclic) bond motifs is 1. The minimum absolute atomic E-state index is 0.297. The van der Waals surface area contributed by atoms with Crippen LogP contribution in [0.3, 0.4) is 0 Å². The van der Waals surface area contributed by atoms with Crippen LogP contribution in [0.4, 0.5) is 4.39 Å². The van der Waals surface area contributed by atoms with E-state index in [0.717, 1.165) is 22.3 Å². The van der Waals surface area contributed by atoms with E-state index in [-0.39, 0.29) is 5.82 Å². The van der Waals surface area contributed by atoms with E-state index in [1.165, 1.54) is 0 Å². The van der Waals surface area contributed by atoms with E-state index < -0.39 is 0 Å². The zero-order chi connectivity index (χ0) is 17.6. The maximum absolute atomic E-state index is 14.4. The molecule has 2 nitrogen and oxygen atoms in total. The van der Waals surface area contributed by atoms with E-state index in [2.05, 4.69) is 0 Å². The summed E-state index contributed by atoms with van der Waals surface area (Å²) in [7, 11) is 0. The van der Waals surface area contributed by atoms with Crippen molar-refractivity contribution in [2.24, 2.45) is 0 Å². The van der Waals surface area contributed by atoms with Gasteiger partial charge in [0, 0.05) is 5.39 Å². The predicted molar refractivity (Wildman–Crippen MR) is 101 cm³/mol. The molecule has 0 heterocycles. The van der Waals surface area contributed by atoms with Crippen LogP contribution in [0.2, 0.25) is 0 Å². The predicted octanol–water partition coefficient (Wildman–Crippen LogP) is 6.00. The van der Waals surface area contributed by atoms with Crippen molar-refractivity contribution in [3.63, 3.8) is 0 Å². The Morgan fingerprint density at radius 3 is 2.40 bits per heavy atom. The molecule has 128 valence electrons. The summed E-state index contributed by atoms with van der Waals surface area (Å²) >= 11 is 0. The highest BCUT2D eigenvalue weighted by Gasteiger charge is 2.09. The van der Waals surface area contributed by atoms with Crippen molar-refractivity contribution < 1.29 is 13.9 Å². The van der Waals surface area contributed by atoms with Crippen LogP contribution < -0.4 is 9.47 Å². The van der Waals surface area contributed by atoms with Crippen LogP contribution in [0.15, 0.2) is 66.7 Å². The van der Waals surface area contributed by atoms with Crippen molar-refractivity contribution in [2.45, 2.75) is 13.8 Å². The van der Waals surface area contributed by atoms with Crippen molar-refractivity contribution in [3.8, 4) is 22.6 Å². The number of hydrogen-bond acceptors (Lipinski definition) is 2. The summed E-state index contributed by atoms with van der Waals surface area (Å²) in [5, 5.41) is 1.42. The number of ether oxygens (including phenoxy) is 2. The number of hydrogen-bond donors (Lipinski definition) is 0. The monoisotopic (exact) mass is 336 g/mol. The van der Waals surface area contributed by atoms with Gasteiger partial charge in [0.05, 0.1) is 6.61 Å². The zero-order valence-corrected chi connectivity index (χ0v) is 14.5. The Morgan fingerprint density at radius 1 is 0.920 bits per heavy atom. The van der Waals surface area contributed by atoms with Crippen LogP contribution in [-0.4, -0.2) is 13.2 Å². The quantitative estimate of drug-likeness (QED) is 0.514. The molecule has 3 aromatic rings. The molecular formula is C22H21FO2. The molecule has 25 heavy (non-hydrogen) atoms. The average Bonchev–Trinajstić information content (AvgIpc) is 2.65. The van der Waals surface area contributed by atoms with E-state index in [1.54, 1.807) is 12.1 Å². The molecule has 0 aliphatic rings. The summed E-state index contributed by atoms with van der Waals surface area (Å²) in [6, 6.07) is 17.2. The first-order chi connectivity index (χ1) is 12.2. The van der Waals surface area contributed by atoms with Gasteiger partial charge in [0.15, 0.2) is 11.6 Å². The Labute approximate surface area is 147 Å². The fraction of sp³-hybridized carbons (Fsp3) is 0.182. The smallest absolute Gasteiger partial charge is 0.172 e. The zero-order valence-electron chi connectivity index (χ0n) is 14.5. The minimum Gasteiger partial charge on any atom is -0.491 e. The molecule has 0 fully saturated rings. The molecule has 0 bridgehead atoms. The molecule has 0 radical (unpaired) electrons. The average molecular weight is 336 g/mol. The minimum atomic E-state index is -0.307. The number of allylic oxidation sites excluding steroid dienone is 1. The molecule has 0 atom stereocenters.